The second-order valence-electron chi connectivity index (χ2n) is 4.67. The predicted octanol–water partition coefficient (Wildman–Crippen LogP) is 2.10. The van der Waals surface area contributed by atoms with Crippen molar-refractivity contribution >= 4 is 11.0 Å². The Labute approximate surface area is 119 Å². The summed E-state index contributed by atoms with van der Waals surface area (Å²) in [6, 6.07) is 9.80. The molecule has 0 saturated carbocycles. The topological polar surface area (TPSA) is 79.4 Å². The largest absolute Gasteiger partial charge is 0.312 e. The molecule has 3 aromatic heterocycles. The molecule has 0 saturated heterocycles. The van der Waals surface area contributed by atoms with Gasteiger partial charge in [-0.3, -0.25) is 9.89 Å². The predicted molar refractivity (Wildman–Crippen MR) is 79.3 cm³/mol. The van der Waals surface area contributed by atoms with E-state index in [4.69, 9.17) is 0 Å². The average molecular weight is 277 g/mol. The Balaban J connectivity index is 2.11. The Bertz CT molecular complexity index is 951. The molecular weight excluding hydrogens is 266 g/mol. The van der Waals surface area contributed by atoms with Gasteiger partial charge in [-0.15, -0.1) is 0 Å². The molecule has 1 aromatic carbocycles. The van der Waals surface area contributed by atoms with Crippen LogP contribution in [-0.2, 0) is 0 Å². The number of para-hydroxylation sites is 1. The molecule has 0 aliphatic carbocycles. The number of hydrogen-bond donors (Lipinski definition) is 2. The summed E-state index contributed by atoms with van der Waals surface area (Å²) in [6.07, 6.45) is 6.78. The third-order valence-corrected chi connectivity index (χ3v) is 3.43. The van der Waals surface area contributed by atoms with Gasteiger partial charge in [-0.1, -0.05) is 18.2 Å². The lowest BCUT2D eigenvalue weighted by atomic mass is 10.1. The minimum atomic E-state index is -0.161. The maximum absolute atomic E-state index is 12.2. The summed E-state index contributed by atoms with van der Waals surface area (Å²) in [6.45, 7) is 0. The number of rotatable bonds is 2. The number of H-pyrrole nitrogens is 2. The summed E-state index contributed by atoms with van der Waals surface area (Å²) in [5.74, 6) is 0. The van der Waals surface area contributed by atoms with Gasteiger partial charge in [0.25, 0.3) is 5.56 Å². The fourth-order valence-electron chi connectivity index (χ4n) is 2.47. The van der Waals surface area contributed by atoms with E-state index < -0.39 is 0 Å². The van der Waals surface area contributed by atoms with Crippen LogP contribution in [0.4, 0.5) is 0 Å². The molecule has 102 valence electrons. The van der Waals surface area contributed by atoms with E-state index in [1.165, 1.54) is 6.33 Å². The summed E-state index contributed by atoms with van der Waals surface area (Å²) >= 11 is 0. The van der Waals surface area contributed by atoms with E-state index in [2.05, 4.69) is 20.2 Å². The van der Waals surface area contributed by atoms with Crippen molar-refractivity contribution in [3.05, 3.63) is 65.6 Å². The molecule has 0 aliphatic rings. The third-order valence-electron chi connectivity index (χ3n) is 3.43. The Morgan fingerprint density at radius 2 is 2.00 bits per heavy atom. The van der Waals surface area contributed by atoms with Crippen molar-refractivity contribution in [3.63, 3.8) is 0 Å². The van der Waals surface area contributed by atoms with Gasteiger partial charge < -0.3 is 9.55 Å². The third kappa shape index (κ3) is 1.77. The molecule has 0 aliphatic heterocycles. The van der Waals surface area contributed by atoms with E-state index in [1.54, 1.807) is 12.4 Å². The van der Waals surface area contributed by atoms with Crippen molar-refractivity contribution in [3.8, 4) is 16.8 Å². The Morgan fingerprint density at radius 3 is 2.76 bits per heavy atom. The van der Waals surface area contributed by atoms with Crippen LogP contribution >= 0.6 is 0 Å². The number of aromatic nitrogens is 5. The minimum Gasteiger partial charge on any atom is -0.312 e. The first-order chi connectivity index (χ1) is 10.3. The molecule has 6 nitrogen and oxygen atoms in total. The second-order valence-corrected chi connectivity index (χ2v) is 4.67. The fourth-order valence-corrected chi connectivity index (χ4v) is 2.47. The fraction of sp³-hybridized carbons (Fsp3) is 0. The highest BCUT2D eigenvalue weighted by atomic mass is 16.1. The van der Waals surface area contributed by atoms with Gasteiger partial charge in [0.05, 0.1) is 17.9 Å². The van der Waals surface area contributed by atoms with Gasteiger partial charge in [0, 0.05) is 29.2 Å². The standard InChI is InChI=1S/C15H11N5O/c21-15-13-12(10-6-18-19-7-10)8-20(14(13)16-9-17-15)11-4-2-1-3-5-11/h1-9H,(H,18,19)(H,16,17,21). The summed E-state index contributed by atoms with van der Waals surface area (Å²) < 4.78 is 1.91. The molecular formula is C15H11N5O. The zero-order valence-corrected chi connectivity index (χ0v) is 10.9. The van der Waals surface area contributed by atoms with E-state index >= 15 is 0 Å². The van der Waals surface area contributed by atoms with Crippen LogP contribution < -0.4 is 5.56 Å². The molecule has 0 spiro atoms. The number of benzene rings is 1. The molecule has 0 radical (unpaired) electrons. The zero-order valence-electron chi connectivity index (χ0n) is 10.9. The van der Waals surface area contributed by atoms with Gasteiger partial charge in [-0.05, 0) is 12.1 Å². The number of aromatic amines is 2. The van der Waals surface area contributed by atoms with Gasteiger partial charge in [-0.25, -0.2) is 4.98 Å². The van der Waals surface area contributed by atoms with Crippen molar-refractivity contribution in [1.82, 2.24) is 24.7 Å². The van der Waals surface area contributed by atoms with E-state index in [9.17, 15) is 4.79 Å². The number of fused-ring (bicyclic) bond motifs is 1. The van der Waals surface area contributed by atoms with Crippen molar-refractivity contribution in [1.29, 1.82) is 0 Å². The molecule has 4 rings (SSSR count). The van der Waals surface area contributed by atoms with Crippen LogP contribution in [0.2, 0.25) is 0 Å². The van der Waals surface area contributed by atoms with E-state index in [0.717, 1.165) is 16.8 Å². The molecule has 0 amide bonds. The first-order valence-corrected chi connectivity index (χ1v) is 6.48. The normalized spacial score (nSPS) is 11.0. The molecule has 4 aromatic rings. The molecule has 0 fully saturated rings. The maximum Gasteiger partial charge on any atom is 0.260 e. The Kier molecular flexibility index (Phi) is 2.47. The molecule has 3 heterocycles. The number of nitrogens with zero attached hydrogens (tertiary/aromatic N) is 3. The summed E-state index contributed by atoms with van der Waals surface area (Å²) in [5, 5.41) is 7.28. The van der Waals surface area contributed by atoms with Crippen molar-refractivity contribution in [2.75, 3.05) is 0 Å². The number of nitrogens with one attached hydrogen (secondary N) is 2. The van der Waals surface area contributed by atoms with Gasteiger partial charge in [0.15, 0.2) is 5.65 Å². The van der Waals surface area contributed by atoms with Gasteiger partial charge in [0.2, 0.25) is 0 Å². The highest BCUT2D eigenvalue weighted by molar-refractivity contribution is 5.94. The van der Waals surface area contributed by atoms with Crippen LogP contribution in [-0.4, -0.2) is 24.7 Å². The minimum absolute atomic E-state index is 0.161. The lowest BCUT2D eigenvalue weighted by Crippen LogP contribution is -2.06. The van der Waals surface area contributed by atoms with E-state index in [1.807, 2.05) is 41.1 Å². The second kappa shape index (κ2) is 4.45. The van der Waals surface area contributed by atoms with Crippen LogP contribution in [0.25, 0.3) is 27.8 Å². The van der Waals surface area contributed by atoms with Crippen LogP contribution in [0.3, 0.4) is 0 Å². The van der Waals surface area contributed by atoms with Crippen LogP contribution in [0.15, 0.2) is 60.0 Å². The molecule has 0 atom stereocenters. The van der Waals surface area contributed by atoms with E-state index in [0.29, 0.717) is 11.0 Å². The van der Waals surface area contributed by atoms with Crippen LogP contribution in [0.1, 0.15) is 0 Å². The smallest absolute Gasteiger partial charge is 0.260 e. The Morgan fingerprint density at radius 1 is 1.14 bits per heavy atom. The molecule has 0 bridgehead atoms. The van der Waals surface area contributed by atoms with Crippen LogP contribution in [0, 0.1) is 0 Å². The van der Waals surface area contributed by atoms with Gasteiger partial charge in [-0.2, -0.15) is 5.10 Å². The SMILES string of the molecule is O=c1[nH]cnc2c1c(-c1cn[nH]c1)cn2-c1ccccc1. The summed E-state index contributed by atoms with van der Waals surface area (Å²) in [4.78, 5) is 19.2. The summed E-state index contributed by atoms with van der Waals surface area (Å²) in [5.41, 5.74) is 3.08. The van der Waals surface area contributed by atoms with E-state index in [-0.39, 0.29) is 5.56 Å². The quantitative estimate of drug-likeness (QED) is 0.589. The molecule has 0 unspecified atom stereocenters. The van der Waals surface area contributed by atoms with Gasteiger partial charge >= 0.3 is 0 Å². The van der Waals surface area contributed by atoms with Crippen molar-refractivity contribution < 1.29 is 0 Å². The monoisotopic (exact) mass is 277 g/mol. The number of hydrogen-bond acceptors (Lipinski definition) is 3. The molecule has 6 heteroatoms. The average Bonchev–Trinajstić information content (AvgIpc) is 3.16. The lowest BCUT2D eigenvalue weighted by molar-refractivity contribution is 1.07. The lowest BCUT2D eigenvalue weighted by Gasteiger charge is -2.02. The van der Waals surface area contributed by atoms with Crippen LogP contribution in [0.5, 0.6) is 0 Å². The molecule has 21 heavy (non-hydrogen) atoms. The first-order valence-electron chi connectivity index (χ1n) is 6.48. The Hall–Kier alpha value is -3.15. The van der Waals surface area contributed by atoms with Gasteiger partial charge in [0.1, 0.15) is 0 Å². The highest BCUT2D eigenvalue weighted by Gasteiger charge is 2.15. The van der Waals surface area contributed by atoms with Crippen molar-refractivity contribution in [2.45, 2.75) is 0 Å². The highest BCUT2D eigenvalue weighted by Crippen LogP contribution is 2.28. The molecule has 2 N–H and O–H groups in total. The maximum atomic E-state index is 12.2. The summed E-state index contributed by atoms with van der Waals surface area (Å²) in [7, 11) is 0. The first kappa shape index (κ1) is 11.7. The van der Waals surface area contributed by atoms with Crippen molar-refractivity contribution in [2.24, 2.45) is 0 Å². The zero-order chi connectivity index (χ0) is 14.2.